The van der Waals surface area contributed by atoms with Crippen LogP contribution in [0.15, 0.2) is 41.3 Å². The number of benzene rings is 2. The molecule has 0 saturated carbocycles. The molecule has 0 aliphatic carbocycles. The first-order valence-corrected chi connectivity index (χ1v) is 13.9. The number of hydrogen-bond donors (Lipinski definition) is 1. The maximum atomic E-state index is 13.3. The Balaban J connectivity index is 1.45. The number of sulfonamides is 1. The van der Waals surface area contributed by atoms with Gasteiger partial charge in [-0.15, -0.1) is 0 Å². The van der Waals surface area contributed by atoms with E-state index in [-0.39, 0.29) is 29.4 Å². The van der Waals surface area contributed by atoms with E-state index in [4.69, 9.17) is 21.1 Å². The summed E-state index contributed by atoms with van der Waals surface area (Å²) in [6.45, 7) is 1.13. The van der Waals surface area contributed by atoms with E-state index in [0.29, 0.717) is 37.6 Å². The predicted molar refractivity (Wildman–Crippen MR) is 136 cm³/mol. The van der Waals surface area contributed by atoms with E-state index in [1.54, 1.807) is 49.5 Å². The molecule has 2 aromatic carbocycles. The second-order valence-electron chi connectivity index (χ2n) is 9.33. The average molecular weight is 538 g/mol. The van der Waals surface area contributed by atoms with Crippen molar-refractivity contribution < 1.29 is 27.5 Å². The summed E-state index contributed by atoms with van der Waals surface area (Å²) in [5, 5.41) is 2.11. The van der Waals surface area contributed by atoms with Crippen molar-refractivity contribution in [2.45, 2.75) is 48.7 Å². The Kier molecular flexibility index (Phi) is 8.52. The number of methoxy groups -OCH3 is 2. The Bertz CT molecular complexity index is 1210. The lowest BCUT2D eigenvalue weighted by Gasteiger charge is -2.35. The minimum absolute atomic E-state index is 0.0696. The Hall–Kier alpha value is -2.24. The number of nitrogens with zero attached hydrogens (tertiary/aromatic N) is 2. The Morgan fingerprint density at radius 3 is 2.33 bits per heavy atom. The quantitative estimate of drug-likeness (QED) is 0.526. The van der Waals surface area contributed by atoms with Crippen LogP contribution in [0.2, 0.25) is 5.02 Å². The molecule has 11 heteroatoms. The van der Waals surface area contributed by atoms with Crippen molar-refractivity contribution in [1.82, 2.24) is 14.5 Å². The van der Waals surface area contributed by atoms with E-state index in [9.17, 15) is 18.0 Å². The normalized spacial score (nSPS) is 23.0. The van der Waals surface area contributed by atoms with Gasteiger partial charge in [-0.3, -0.25) is 9.59 Å². The number of hydrogen-bond acceptors (Lipinski definition) is 6. The minimum Gasteiger partial charge on any atom is -0.383 e. The van der Waals surface area contributed by atoms with Crippen molar-refractivity contribution in [2.75, 3.05) is 40.5 Å². The van der Waals surface area contributed by atoms with Crippen LogP contribution in [0.1, 0.15) is 25.7 Å². The van der Waals surface area contributed by atoms with Crippen molar-refractivity contribution in [1.29, 1.82) is 0 Å². The van der Waals surface area contributed by atoms with E-state index < -0.39 is 22.0 Å². The number of carbonyl (C=O) groups is 2. The number of piperidine rings is 1. The van der Waals surface area contributed by atoms with Crippen LogP contribution < -0.4 is 4.72 Å². The first kappa shape index (κ1) is 26.8. The molecule has 196 valence electrons. The lowest BCUT2D eigenvalue weighted by molar-refractivity contribution is -0.145. The number of amides is 2. The van der Waals surface area contributed by atoms with Gasteiger partial charge < -0.3 is 19.3 Å². The number of fused-ring (bicyclic) bond motifs is 1. The molecule has 2 heterocycles. The molecule has 4 rings (SSSR count). The molecule has 36 heavy (non-hydrogen) atoms. The fraction of sp³-hybridized carbons (Fsp3) is 0.520. The van der Waals surface area contributed by atoms with Crippen molar-refractivity contribution >= 4 is 44.2 Å². The number of carbonyl (C=O) groups excluding carboxylic acids is 2. The van der Waals surface area contributed by atoms with E-state index in [0.717, 1.165) is 23.6 Å². The molecule has 9 nitrogen and oxygen atoms in total. The molecule has 2 aliphatic heterocycles. The van der Waals surface area contributed by atoms with Gasteiger partial charge in [0.25, 0.3) is 0 Å². The largest absolute Gasteiger partial charge is 0.383 e. The molecule has 2 fully saturated rings. The van der Waals surface area contributed by atoms with E-state index in [1.807, 2.05) is 0 Å². The smallest absolute Gasteiger partial charge is 0.242 e. The predicted octanol–water partition coefficient (Wildman–Crippen LogP) is 2.41. The number of halogens is 1. The fourth-order valence-corrected chi connectivity index (χ4v) is 6.59. The second kappa shape index (κ2) is 11.4. The zero-order chi connectivity index (χ0) is 25.9. The maximum absolute atomic E-state index is 13.3. The third-order valence-electron chi connectivity index (χ3n) is 6.86. The van der Waals surface area contributed by atoms with Crippen LogP contribution >= 0.6 is 11.6 Å². The molecular weight excluding hydrogens is 506 g/mol. The topological polar surface area (TPSA) is 105 Å². The zero-order valence-corrected chi connectivity index (χ0v) is 22.1. The molecule has 0 unspecified atom stereocenters. The van der Waals surface area contributed by atoms with Crippen LogP contribution in [0.25, 0.3) is 10.8 Å². The SMILES string of the molecule is COC[C@H]1CC[C@H](COC)N1C(=O)CN1CCC[C@H](NS(=O)(=O)c2ccc3cc(Cl)ccc3c2)C1=O. The van der Waals surface area contributed by atoms with E-state index in [2.05, 4.69) is 4.72 Å². The molecule has 0 radical (unpaired) electrons. The second-order valence-corrected chi connectivity index (χ2v) is 11.5. The summed E-state index contributed by atoms with van der Waals surface area (Å²) in [7, 11) is -0.755. The van der Waals surface area contributed by atoms with Crippen LogP contribution in [-0.2, 0) is 29.1 Å². The maximum Gasteiger partial charge on any atom is 0.242 e. The molecular formula is C25H32ClN3O6S. The molecule has 0 bridgehead atoms. The van der Waals surface area contributed by atoms with Gasteiger partial charge in [-0.2, -0.15) is 4.72 Å². The lowest BCUT2D eigenvalue weighted by atomic mass is 10.1. The van der Waals surface area contributed by atoms with E-state index in [1.165, 1.54) is 11.0 Å². The van der Waals surface area contributed by atoms with Crippen molar-refractivity contribution in [3.63, 3.8) is 0 Å². The van der Waals surface area contributed by atoms with Gasteiger partial charge in [-0.25, -0.2) is 8.42 Å². The summed E-state index contributed by atoms with van der Waals surface area (Å²) in [6.07, 6.45) is 2.57. The number of ether oxygens (including phenoxy) is 2. The van der Waals surface area contributed by atoms with Gasteiger partial charge >= 0.3 is 0 Å². The highest BCUT2D eigenvalue weighted by atomic mass is 35.5. The third-order valence-corrected chi connectivity index (χ3v) is 8.57. The Morgan fingerprint density at radius 2 is 1.67 bits per heavy atom. The summed E-state index contributed by atoms with van der Waals surface area (Å²) in [4.78, 5) is 29.8. The van der Waals surface area contributed by atoms with Gasteiger partial charge in [0, 0.05) is 25.8 Å². The third kappa shape index (κ3) is 5.84. The van der Waals surface area contributed by atoms with E-state index >= 15 is 0 Å². The van der Waals surface area contributed by atoms with Crippen LogP contribution in [-0.4, -0.2) is 88.7 Å². The summed E-state index contributed by atoms with van der Waals surface area (Å²) in [6, 6.07) is 8.88. The van der Waals surface area contributed by atoms with Crippen molar-refractivity contribution in [2.24, 2.45) is 0 Å². The van der Waals surface area contributed by atoms with Crippen molar-refractivity contribution in [3.05, 3.63) is 41.4 Å². The fourth-order valence-electron chi connectivity index (χ4n) is 5.15. The van der Waals surface area contributed by atoms with Crippen LogP contribution in [0.3, 0.4) is 0 Å². The summed E-state index contributed by atoms with van der Waals surface area (Å²) in [5.74, 6) is -0.571. The van der Waals surface area contributed by atoms with Gasteiger partial charge in [0.15, 0.2) is 0 Å². The highest BCUT2D eigenvalue weighted by Crippen LogP contribution is 2.26. The number of rotatable bonds is 9. The Morgan fingerprint density at radius 1 is 1.03 bits per heavy atom. The van der Waals surface area contributed by atoms with Crippen LogP contribution in [0.5, 0.6) is 0 Å². The van der Waals surface area contributed by atoms with Crippen LogP contribution in [0, 0.1) is 0 Å². The number of nitrogens with one attached hydrogen (secondary N) is 1. The Labute approximate surface area is 216 Å². The monoisotopic (exact) mass is 537 g/mol. The first-order chi connectivity index (χ1) is 17.2. The molecule has 2 amide bonds. The van der Waals surface area contributed by atoms with Gasteiger partial charge in [0.1, 0.15) is 6.04 Å². The minimum atomic E-state index is -3.95. The van der Waals surface area contributed by atoms with Crippen molar-refractivity contribution in [3.8, 4) is 0 Å². The van der Waals surface area contributed by atoms with Gasteiger partial charge in [-0.05, 0) is 60.7 Å². The highest BCUT2D eigenvalue weighted by Gasteiger charge is 2.39. The first-order valence-electron chi connectivity index (χ1n) is 12.0. The average Bonchev–Trinajstić information content (AvgIpc) is 3.24. The number of likely N-dealkylation sites (tertiary alicyclic amines) is 2. The van der Waals surface area contributed by atoms with Gasteiger partial charge in [-0.1, -0.05) is 23.7 Å². The molecule has 1 N–H and O–H groups in total. The standard InChI is InChI=1S/C25H32ClN3O6S/c1-34-15-20-8-9-21(16-35-2)29(20)24(30)14-28-11-3-4-23(25(28)31)27-36(32,33)22-10-6-17-12-19(26)7-5-18(17)13-22/h5-7,10,12-13,20-21,23,27H,3-4,8-9,11,14-16H2,1-2H3/t20-,21-,23+/m1/s1. The molecule has 2 aromatic rings. The zero-order valence-electron chi connectivity index (χ0n) is 20.5. The highest BCUT2D eigenvalue weighted by molar-refractivity contribution is 7.89. The summed E-state index contributed by atoms with van der Waals surface area (Å²) in [5.41, 5.74) is 0. The molecule has 2 saturated heterocycles. The molecule has 0 aromatic heterocycles. The lowest BCUT2D eigenvalue weighted by Crippen LogP contribution is -2.56. The summed E-state index contributed by atoms with van der Waals surface area (Å²) < 4.78 is 39.4. The molecule has 0 spiro atoms. The summed E-state index contributed by atoms with van der Waals surface area (Å²) >= 11 is 6.02. The van der Waals surface area contributed by atoms with Gasteiger partial charge in [0.2, 0.25) is 21.8 Å². The molecule has 2 aliphatic rings. The van der Waals surface area contributed by atoms with Crippen LogP contribution in [0.4, 0.5) is 0 Å². The van der Waals surface area contributed by atoms with Gasteiger partial charge in [0.05, 0.1) is 36.7 Å². The molecule has 3 atom stereocenters.